The van der Waals surface area contributed by atoms with Crippen LogP contribution in [0.1, 0.15) is 52.7 Å². The van der Waals surface area contributed by atoms with Crippen LogP contribution >= 0.6 is 0 Å². The van der Waals surface area contributed by atoms with Crippen LogP contribution in [0.3, 0.4) is 0 Å². The van der Waals surface area contributed by atoms with E-state index >= 15 is 0 Å². The molecule has 0 N–H and O–H groups in total. The number of benzene rings is 7. The molecule has 212 valence electrons. The van der Waals surface area contributed by atoms with Crippen LogP contribution < -0.4 is 21.3 Å². The van der Waals surface area contributed by atoms with Gasteiger partial charge in [0, 0.05) is 16.8 Å². The van der Waals surface area contributed by atoms with Crippen LogP contribution in [0.15, 0.2) is 109 Å². The van der Waals surface area contributed by atoms with Gasteiger partial charge in [-0.15, -0.1) is 0 Å². The number of para-hydroxylation sites is 1. The smallest absolute Gasteiger partial charge is 0.248 e. The van der Waals surface area contributed by atoms with Gasteiger partial charge in [0.2, 0.25) is 6.71 Å². The van der Waals surface area contributed by atoms with Gasteiger partial charge in [0.15, 0.2) is 0 Å². The fraction of sp³-hybridized carbons (Fsp3) is 0.190. The van der Waals surface area contributed by atoms with E-state index in [1.807, 2.05) is 0 Å². The maximum atomic E-state index is 2.63. The standard InChI is InChI=1S/C42H36BN/c1-41(2,3)30-24-31(42(4,5)6)40-39-38(30)28-14-7-8-15-32(28)43(39)33-16-9-10-17-35(33)44(40)34-23-21-27-19-18-25-12-11-13-26-20-22-29(34)37(27)36(25)26/h7-24H,1-6H3. The third kappa shape index (κ3) is 3.32. The lowest BCUT2D eigenvalue weighted by atomic mass is 9.36. The zero-order valence-corrected chi connectivity index (χ0v) is 26.4. The van der Waals surface area contributed by atoms with Crippen molar-refractivity contribution in [3.63, 3.8) is 0 Å². The van der Waals surface area contributed by atoms with E-state index in [1.54, 1.807) is 0 Å². The van der Waals surface area contributed by atoms with Gasteiger partial charge in [0.1, 0.15) is 0 Å². The molecule has 2 heteroatoms. The van der Waals surface area contributed by atoms with E-state index in [1.165, 1.54) is 88.0 Å². The van der Waals surface area contributed by atoms with E-state index < -0.39 is 0 Å². The Labute approximate surface area is 260 Å². The van der Waals surface area contributed by atoms with Crippen LogP contribution in [0.25, 0.3) is 43.4 Å². The predicted octanol–water partition coefficient (Wildman–Crippen LogP) is 9.46. The first kappa shape index (κ1) is 25.9. The molecule has 0 aliphatic carbocycles. The molecule has 7 aromatic rings. The summed E-state index contributed by atoms with van der Waals surface area (Å²) in [5, 5.41) is 7.94. The van der Waals surface area contributed by atoms with Gasteiger partial charge in [-0.25, -0.2) is 0 Å². The number of nitrogens with zero attached hydrogens (tertiary/aromatic N) is 1. The molecule has 44 heavy (non-hydrogen) atoms. The van der Waals surface area contributed by atoms with Crippen molar-refractivity contribution in [1.29, 1.82) is 0 Å². The molecule has 0 aromatic heterocycles. The summed E-state index contributed by atoms with van der Waals surface area (Å²) in [6.07, 6.45) is 0. The van der Waals surface area contributed by atoms with Gasteiger partial charge >= 0.3 is 0 Å². The summed E-state index contributed by atoms with van der Waals surface area (Å²) in [4.78, 5) is 2.63. The van der Waals surface area contributed by atoms with Gasteiger partial charge in [-0.2, -0.15) is 0 Å². The lowest BCUT2D eigenvalue weighted by Crippen LogP contribution is -2.55. The van der Waals surface area contributed by atoms with Gasteiger partial charge in [0.05, 0.1) is 5.69 Å². The maximum Gasteiger partial charge on any atom is 0.248 e. The fourth-order valence-corrected chi connectivity index (χ4v) is 8.34. The molecule has 2 aliphatic rings. The van der Waals surface area contributed by atoms with Crippen molar-refractivity contribution in [2.75, 3.05) is 4.90 Å². The molecule has 0 amide bonds. The molecule has 2 heterocycles. The third-order valence-corrected chi connectivity index (χ3v) is 10.2. The lowest BCUT2D eigenvalue weighted by Gasteiger charge is -2.41. The van der Waals surface area contributed by atoms with Crippen LogP contribution in [-0.4, -0.2) is 6.71 Å². The van der Waals surface area contributed by atoms with Gasteiger partial charge in [-0.05, 0) is 83.1 Å². The van der Waals surface area contributed by atoms with Crippen molar-refractivity contribution in [2.45, 2.75) is 52.4 Å². The molecule has 0 unspecified atom stereocenters. The highest BCUT2D eigenvalue weighted by molar-refractivity contribution is 7.01. The van der Waals surface area contributed by atoms with Crippen molar-refractivity contribution in [1.82, 2.24) is 0 Å². The average Bonchev–Trinajstić information content (AvgIpc) is 3.35. The first-order chi connectivity index (χ1) is 21.1. The largest absolute Gasteiger partial charge is 0.311 e. The topological polar surface area (TPSA) is 3.24 Å². The maximum absolute atomic E-state index is 2.63. The van der Waals surface area contributed by atoms with E-state index in [4.69, 9.17) is 0 Å². The summed E-state index contributed by atoms with van der Waals surface area (Å²) in [5.74, 6) is 0. The molecule has 7 aromatic carbocycles. The Balaban J connectivity index is 1.48. The van der Waals surface area contributed by atoms with Gasteiger partial charge < -0.3 is 4.90 Å². The van der Waals surface area contributed by atoms with Crippen molar-refractivity contribution in [3.8, 4) is 11.1 Å². The molecular formula is C42H36BN. The van der Waals surface area contributed by atoms with E-state index in [-0.39, 0.29) is 17.5 Å². The second-order valence-corrected chi connectivity index (χ2v) is 15.0. The van der Waals surface area contributed by atoms with Crippen molar-refractivity contribution in [2.24, 2.45) is 0 Å². The Bertz CT molecular complexity index is 2300. The minimum absolute atomic E-state index is 0.00115. The molecule has 0 fully saturated rings. The normalized spacial score (nSPS) is 14.0. The minimum Gasteiger partial charge on any atom is -0.311 e. The fourth-order valence-electron chi connectivity index (χ4n) is 8.34. The number of fused-ring (bicyclic) bond motifs is 5. The molecule has 2 aliphatic heterocycles. The number of hydrogen-bond acceptors (Lipinski definition) is 1. The predicted molar refractivity (Wildman–Crippen MR) is 192 cm³/mol. The van der Waals surface area contributed by atoms with Crippen molar-refractivity contribution >= 4 is 72.5 Å². The summed E-state index contributed by atoms with van der Waals surface area (Å²) in [5.41, 5.74) is 13.9. The van der Waals surface area contributed by atoms with Gasteiger partial charge in [-0.3, -0.25) is 0 Å². The van der Waals surface area contributed by atoms with Crippen molar-refractivity contribution in [3.05, 3.63) is 120 Å². The quantitative estimate of drug-likeness (QED) is 0.142. The van der Waals surface area contributed by atoms with Gasteiger partial charge in [-0.1, -0.05) is 144 Å². The Morgan fingerprint density at radius 2 is 1.14 bits per heavy atom. The molecule has 0 saturated carbocycles. The summed E-state index contributed by atoms with van der Waals surface area (Å²) >= 11 is 0. The third-order valence-electron chi connectivity index (χ3n) is 10.2. The Hall–Kier alpha value is -4.56. The highest BCUT2D eigenvalue weighted by atomic mass is 15.2. The molecular weight excluding hydrogens is 529 g/mol. The zero-order chi connectivity index (χ0) is 30.1. The molecule has 0 radical (unpaired) electrons. The molecule has 0 atom stereocenters. The van der Waals surface area contributed by atoms with Crippen molar-refractivity contribution < 1.29 is 0 Å². The zero-order valence-electron chi connectivity index (χ0n) is 26.4. The van der Waals surface area contributed by atoms with E-state index in [2.05, 4.69) is 156 Å². The first-order valence-electron chi connectivity index (χ1n) is 16.0. The molecule has 0 spiro atoms. The average molecular weight is 566 g/mol. The Morgan fingerprint density at radius 3 is 1.86 bits per heavy atom. The molecule has 0 saturated heterocycles. The summed E-state index contributed by atoms with van der Waals surface area (Å²) in [6.45, 7) is 14.5. The number of anilines is 3. The summed E-state index contributed by atoms with van der Waals surface area (Å²) in [6, 6.07) is 41.5. The van der Waals surface area contributed by atoms with Crippen LogP contribution in [0.2, 0.25) is 0 Å². The number of rotatable bonds is 1. The SMILES string of the molecule is CC(C)(C)c1cc(C(C)(C)C)c2c3c1-c1ccccc1B3c1ccccc1N2c1ccc2ccc3cccc4ccc1c2c34. The number of hydrogen-bond donors (Lipinski definition) is 0. The highest BCUT2D eigenvalue weighted by Gasteiger charge is 2.46. The van der Waals surface area contributed by atoms with E-state index in [0.29, 0.717) is 0 Å². The van der Waals surface area contributed by atoms with Crippen LogP contribution in [0, 0.1) is 0 Å². The first-order valence-corrected chi connectivity index (χ1v) is 16.0. The monoisotopic (exact) mass is 565 g/mol. The summed E-state index contributed by atoms with van der Waals surface area (Å²) < 4.78 is 0. The van der Waals surface area contributed by atoms with Gasteiger partial charge in [0.25, 0.3) is 0 Å². The van der Waals surface area contributed by atoms with Crippen LogP contribution in [0.5, 0.6) is 0 Å². The lowest BCUT2D eigenvalue weighted by molar-refractivity contribution is 0.571. The summed E-state index contributed by atoms with van der Waals surface area (Å²) in [7, 11) is 0. The second kappa shape index (κ2) is 8.54. The Morgan fingerprint density at radius 1 is 0.523 bits per heavy atom. The van der Waals surface area contributed by atoms with E-state index in [0.717, 1.165) is 0 Å². The highest BCUT2D eigenvalue weighted by Crippen LogP contribution is 2.50. The molecule has 1 nitrogen and oxygen atoms in total. The minimum atomic E-state index is -0.0575. The molecule has 9 rings (SSSR count). The van der Waals surface area contributed by atoms with E-state index in [9.17, 15) is 0 Å². The Kier molecular flexibility index (Phi) is 5.03. The van der Waals surface area contributed by atoms with Crippen LogP contribution in [-0.2, 0) is 10.8 Å². The molecule has 0 bridgehead atoms. The van der Waals surface area contributed by atoms with Crippen LogP contribution in [0.4, 0.5) is 17.1 Å². The second-order valence-electron chi connectivity index (χ2n) is 15.0.